The van der Waals surface area contributed by atoms with Gasteiger partial charge in [-0.05, 0) is 25.1 Å². The zero-order valence-corrected chi connectivity index (χ0v) is 10.9. The summed E-state index contributed by atoms with van der Waals surface area (Å²) in [6, 6.07) is 8.20. The SMILES string of the molecule is Cc1ccc(S(=O)(=O)c2cc3[c]ncnc3[nH]2)cc1. The third-order valence-corrected chi connectivity index (χ3v) is 4.51. The van der Waals surface area contributed by atoms with Crippen LogP contribution in [0.5, 0.6) is 0 Å². The van der Waals surface area contributed by atoms with Crippen molar-refractivity contribution in [3.8, 4) is 0 Å². The highest BCUT2D eigenvalue weighted by molar-refractivity contribution is 7.91. The number of hydrogen-bond acceptors (Lipinski definition) is 4. The van der Waals surface area contributed by atoms with E-state index in [0.717, 1.165) is 5.56 Å². The highest BCUT2D eigenvalue weighted by Gasteiger charge is 2.20. The first-order valence-electron chi connectivity index (χ1n) is 5.60. The number of aromatic amines is 1. The summed E-state index contributed by atoms with van der Waals surface area (Å²) in [6.45, 7) is 1.91. The van der Waals surface area contributed by atoms with Gasteiger partial charge < -0.3 is 4.98 Å². The molecule has 95 valence electrons. The van der Waals surface area contributed by atoms with Gasteiger partial charge in [0.2, 0.25) is 9.84 Å². The minimum atomic E-state index is -3.56. The van der Waals surface area contributed by atoms with Crippen LogP contribution in [0.2, 0.25) is 0 Å². The van der Waals surface area contributed by atoms with Gasteiger partial charge in [0.1, 0.15) is 23.2 Å². The van der Waals surface area contributed by atoms with Crippen molar-refractivity contribution in [2.75, 3.05) is 0 Å². The summed E-state index contributed by atoms with van der Waals surface area (Å²) < 4.78 is 24.8. The summed E-state index contributed by atoms with van der Waals surface area (Å²) in [6.07, 6.45) is 4.02. The summed E-state index contributed by atoms with van der Waals surface area (Å²) in [5, 5.41) is 0.649. The van der Waals surface area contributed by atoms with E-state index in [-0.39, 0.29) is 9.92 Å². The Morgan fingerprint density at radius 3 is 2.63 bits per heavy atom. The average molecular weight is 272 g/mol. The maximum absolute atomic E-state index is 12.4. The highest BCUT2D eigenvalue weighted by Crippen LogP contribution is 2.23. The van der Waals surface area contributed by atoms with E-state index in [1.807, 2.05) is 6.92 Å². The average Bonchev–Trinajstić information content (AvgIpc) is 2.83. The van der Waals surface area contributed by atoms with Crippen LogP contribution in [0.15, 0.2) is 46.6 Å². The van der Waals surface area contributed by atoms with Gasteiger partial charge in [-0.25, -0.2) is 18.4 Å². The van der Waals surface area contributed by atoms with E-state index in [0.29, 0.717) is 11.0 Å². The molecule has 0 fully saturated rings. The molecule has 1 radical (unpaired) electrons. The lowest BCUT2D eigenvalue weighted by molar-refractivity contribution is 0.593. The third-order valence-electron chi connectivity index (χ3n) is 2.82. The van der Waals surface area contributed by atoms with Crippen LogP contribution in [-0.2, 0) is 9.84 Å². The van der Waals surface area contributed by atoms with E-state index in [1.54, 1.807) is 24.3 Å². The lowest BCUT2D eigenvalue weighted by Gasteiger charge is -2.02. The molecule has 0 aliphatic heterocycles. The van der Waals surface area contributed by atoms with E-state index in [2.05, 4.69) is 21.1 Å². The Balaban J connectivity index is 2.16. The molecule has 2 aromatic heterocycles. The van der Waals surface area contributed by atoms with Crippen molar-refractivity contribution < 1.29 is 8.42 Å². The van der Waals surface area contributed by atoms with Gasteiger partial charge in [-0.15, -0.1) is 0 Å². The molecule has 0 aliphatic rings. The molecule has 0 saturated heterocycles. The molecule has 3 aromatic rings. The van der Waals surface area contributed by atoms with Crippen molar-refractivity contribution in [1.29, 1.82) is 0 Å². The zero-order chi connectivity index (χ0) is 13.5. The van der Waals surface area contributed by atoms with E-state index >= 15 is 0 Å². The van der Waals surface area contributed by atoms with Crippen LogP contribution in [0.4, 0.5) is 0 Å². The number of rotatable bonds is 2. The van der Waals surface area contributed by atoms with Crippen molar-refractivity contribution in [2.45, 2.75) is 16.8 Å². The van der Waals surface area contributed by atoms with Crippen molar-refractivity contribution in [3.63, 3.8) is 0 Å². The number of aryl methyl sites for hydroxylation is 1. The minimum absolute atomic E-state index is 0.100. The number of benzene rings is 1. The largest absolute Gasteiger partial charge is 0.330 e. The number of H-pyrrole nitrogens is 1. The van der Waals surface area contributed by atoms with Gasteiger partial charge in [-0.1, -0.05) is 17.7 Å². The lowest BCUT2D eigenvalue weighted by Crippen LogP contribution is -2.02. The molecule has 0 atom stereocenters. The molecular formula is C13H10N3O2S. The van der Waals surface area contributed by atoms with E-state index in [1.165, 1.54) is 12.4 Å². The van der Waals surface area contributed by atoms with Crippen LogP contribution in [0.25, 0.3) is 11.0 Å². The number of nitrogens with one attached hydrogen (secondary N) is 1. The molecule has 0 amide bonds. The van der Waals surface area contributed by atoms with Gasteiger partial charge in [-0.3, -0.25) is 0 Å². The maximum Gasteiger partial charge on any atom is 0.221 e. The molecule has 1 aromatic carbocycles. The summed E-state index contributed by atoms with van der Waals surface area (Å²) >= 11 is 0. The predicted octanol–water partition coefficient (Wildman–Crippen LogP) is 1.90. The van der Waals surface area contributed by atoms with Crippen molar-refractivity contribution >= 4 is 20.9 Å². The van der Waals surface area contributed by atoms with Crippen LogP contribution in [0.1, 0.15) is 5.56 Å². The molecule has 0 aliphatic carbocycles. The van der Waals surface area contributed by atoms with Crippen molar-refractivity contribution in [3.05, 3.63) is 48.4 Å². The first kappa shape index (κ1) is 11.9. The fraction of sp³-hybridized carbons (Fsp3) is 0.0769. The normalized spacial score (nSPS) is 11.8. The van der Waals surface area contributed by atoms with E-state index in [9.17, 15) is 8.42 Å². The molecule has 0 unspecified atom stereocenters. The van der Waals surface area contributed by atoms with E-state index < -0.39 is 9.84 Å². The summed E-state index contributed by atoms with van der Waals surface area (Å²) in [4.78, 5) is 10.7. The van der Waals surface area contributed by atoms with Gasteiger partial charge >= 0.3 is 0 Å². The lowest BCUT2D eigenvalue weighted by atomic mass is 10.2. The fourth-order valence-corrected chi connectivity index (χ4v) is 3.03. The monoisotopic (exact) mass is 272 g/mol. The topological polar surface area (TPSA) is 75.7 Å². The summed E-state index contributed by atoms with van der Waals surface area (Å²) in [7, 11) is -3.56. The molecule has 1 N–H and O–H groups in total. The highest BCUT2D eigenvalue weighted by atomic mass is 32.2. The Labute approximate surface area is 110 Å². The number of fused-ring (bicyclic) bond motifs is 1. The number of nitrogens with zero attached hydrogens (tertiary/aromatic N) is 2. The fourth-order valence-electron chi connectivity index (χ4n) is 1.78. The first-order chi connectivity index (χ1) is 9.07. The standard InChI is InChI=1S/C13H10N3O2S/c1-9-2-4-11(5-3-9)19(17,18)12-6-10-7-14-8-15-13(10)16-12/h2-6,8H,1H3,(H,14,15,16). The summed E-state index contributed by atoms with van der Waals surface area (Å²) in [5.74, 6) is 0. The van der Waals surface area contributed by atoms with Gasteiger partial charge in [0.25, 0.3) is 0 Å². The Morgan fingerprint density at radius 1 is 1.21 bits per heavy atom. The van der Waals surface area contributed by atoms with Gasteiger partial charge in [0.05, 0.1) is 4.90 Å². The first-order valence-corrected chi connectivity index (χ1v) is 7.09. The Morgan fingerprint density at radius 2 is 1.95 bits per heavy atom. The van der Waals surface area contributed by atoms with Crippen LogP contribution in [-0.4, -0.2) is 23.4 Å². The van der Waals surface area contributed by atoms with Crippen molar-refractivity contribution in [2.24, 2.45) is 0 Å². The van der Waals surface area contributed by atoms with Gasteiger partial charge in [0, 0.05) is 5.39 Å². The third kappa shape index (κ3) is 2.00. The Kier molecular flexibility index (Phi) is 2.60. The van der Waals surface area contributed by atoms with Crippen LogP contribution < -0.4 is 0 Å². The molecule has 3 rings (SSSR count). The zero-order valence-electron chi connectivity index (χ0n) is 10.1. The molecule has 6 heteroatoms. The van der Waals surface area contributed by atoms with Gasteiger partial charge in [0.15, 0.2) is 0 Å². The van der Waals surface area contributed by atoms with E-state index in [4.69, 9.17) is 0 Å². The molecule has 19 heavy (non-hydrogen) atoms. The Bertz CT molecular complexity index is 803. The second-order valence-corrected chi connectivity index (χ2v) is 6.12. The molecular weight excluding hydrogens is 262 g/mol. The molecule has 0 saturated carbocycles. The van der Waals surface area contributed by atoms with Gasteiger partial charge in [-0.2, -0.15) is 0 Å². The second-order valence-electron chi connectivity index (χ2n) is 4.20. The van der Waals surface area contributed by atoms with Crippen molar-refractivity contribution in [1.82, 2.24) is 15.0 Å². The second kappa shape index (κ2) is 4.17. The smallest absolute Gasteiger partial charge is 0.221 e. The predicted molar refractivity (Wildman–Crippen MR) is 69.4 cm³/mol. The molecule has 0 spiro atoms. The molecule has 0 bridgehead atoms. The number of sulfone groups is 1. The number of hydrogen-bond donors (Lipinski definition) is 1. The summed E-state index contributed by atoms with van der Waals surface area (Å²) in [5.41, 5.74) is 1.47. The number of aromatic nitrogens is 3. The molecule has 5 nitrogen and oxygen atoms in total. The van der Waals surface area contributed by atoms with Crippen LogP contribution >= 0.6 is 0 Å². The quantitative estimate of drug-likeness (QED) is 0.773. The molecule has 2 heterocycles. The van der Waals surface area contributed by atoms with Crippen LogP contribution in [0, 0.1) is 13.1 Å². The minimum Gasteiger partial charge on any atom is -0.330 e. The Hall–Kier alpha value is -2.21. The van der Waals surface area contributed by atoms with Crippen LogP contribution in [0.3, 0.4) is 0 Å². The maximum atomic E-state index is 12.4.